The molecule has 0 aliphatic carbocycles. The first-order valence-corrected chi connectivity index (χ1v) is 6.62. The topological polar surface area (TPSA) is 67.9 Å². The van der Waals surface area contributed by atoms with Gasteiger partial charge in [0.05, 0.1) is 7.11 Å². The Balaban J connectivity index is 3.21. The third-order valence-electron chi connectivity index (χ3n) is 2.46. The molecule has 0 aliphatic rings. The number of nitriles is 1. The molecule has 18 heavy (non-hydrogen) atoms. The number of hydrogen-bond acceptors (Lipinski definition) is 4. The number of nitrogens with zero attached hydrogens (tertiary/aromatic N) is 3. The van der Waals surface area contributed by atoms with Crippen molar-refractivity contribution in [1.82, 2.24) is 9.78 Å². The van der Waals surface area contributed by atoms with E-state index >= 15 is 0 Å². The molecule has 0 radical (unpaired) electrons. The molecule has 1 aromatic heterocycles. The molecule has 0 saturated heterocycles. The van der Waals surface area contributed by atoms with E-state index < -0.39 is 0 Å². The average molecular weight is 361 g/mol. The van der Waals surface area contributed by atoms with Gasteiger partial charge in [-0.2, -0.15) is 10.4 Å². The van der Waals surface area contributed by atoms with Crippen molar-refractivity contribution < 1.29 is 4.74 Å². The number of aryl methyl sites for hydroxylation is 1. The van der Waals surface area contributed by atoms with Crippen LogP contribution in [0.15, 0.2) is 4.79 Å². The summed E-state index contributed by atoms with van der Waals surface area (Å²) in [5.41, 5.74) is -0.260. The predicted octanol–water partition coefficient (Wildman–Crippen LogP) is 2.16. The highest BCUT2D eigenvalue weighted by molar-refractivity contribution is 14.1. The van der Waals surface area contributed by atoms with E-state index in [9.17, 15) is 4.79 Å². The molecule has 6 heteroatoms. The summed E-state index contributed by atoms with van der Waals surface area (Å²) < 4.78 is 6.91. The molecule has 0 aliphatic heterocycles. The molecule has 1 aromatic rings. The van der Waals surface area contributed by atoms with Crippen molar-refractivity contribution >= 4 is 22.6 Å². The van der Waals surface area contributed by atoms with Gasteiger partial charge in [0.1, 0.15) is 6.07 Å². The summed E-state index contributed by atoms with van der Waals surface area (Å²) in [6, 6.07) is 1.89. The maximum atomic E-state index is 12.0. The second kappa shape index (κ2) is 5.69. The molecule has 0 bridgehead atoms. The summed E-state index contributed by atoms with van der Waals surface area (Å²) in [6.07, 6.45) is 0.813. The zero-order chi connectivity index (χ0) is 13.9. The fraction of sp³-hybridized carbons (Fsp3) is 0.583. The van der Waals surface area contributed by atoms with Crippen LogP contribution in [0.4, 0.5) is 0 Å². The van der Waals surface area contributed by atoms with Gasteiger partial charge in [-0.25, -0.2) is 4.68 Å². The van der Waals surface area contributed by atoms with Gasteiger partial charge in [-0.15, -0.1) is 0 Å². The number of hydrogen-bond donors (Lipinski definition) is 0. The number of methoxy groups -OCH3 is 1. The number of aromatic nitrogens is 2. The van der Waals surface area contributed by atoms with Crippen LogP contribution in [0.1, 0.15) is 32.8 Å². The summed E-state index contributed by atoms with van der Waals surface area (Å²) >= 11 is 1.97. The molecule has 0 spiro atoms. The van der Waals surface area contributed by atoms with E-state index in [0.717, 1.165) is 6.42 Å². The molecule has 0 saturated carbocycles. The van der Waals surface area contributed by atoms with E-state index in [4.69, 9.17) is 10.00 Å². The normalized spacial score (nSPS) is 11.1. The molecule has 0 unspecified atom stereocenters. The van der Waals surface area contributed by atoms with Crippen LogP contribution in [0.5, 0.6) is 5.75 Å². The van der Waals surface area contributed by atoms with Crippen molar-refractivity contribution in [1.29, 1.82) is 5.26 Å². The fourth-order valence-corrected chi connectivity index (χ4v) is 2.15. The van der Waals surface area contributed by atoms with Crippen molar-refractivity contribution in [2.24, 2.45) is 5.41 Å². The third-order valence-corrected chi connectivity index (χ3v) is 3.17. The van der Waals surface area contributed by atoms with Gasteiger partial charge >= 0.3 is 0 Å². The second-order valence-corrected chi connectivity index (χ2v) is 6.17. The van der Waals surface area contributed by atoms with Gasteiger partial charge in [-0.3, -0.25) is 4.79 Å². The summed E-state index contributed by atoms with van der Waals surface area (Å²) in [5.74, 6) is 0.259. The van der Waals surface area contributed by atoms with E-state index in [-0.39, 0.29) is 22.3 Å². The molecule has 98 valence electrons. The zero-order valence-electron chi connectivity index (χ0n) is 11.0. The zero-order valence-corrected chi connectivity index (χ0v) is 13.1. The maximum absolute atomic E-state index is 12.0. The first kappa shape index (κ1) is 15.0. The van der Waals surface area contributed by atoms with Gasteiger partial charge in [0.2, 0.25) is 0 Å². The van der Waals surface area contributed by atoms with Gasteiger partial charge < -0.3 is 4.74 Å². The van der Waals surface area contributed by atoms with E-state index in [1.165, 1.54) is 11.8 Å². The van der Waals surface area contributed by atoms with Gasteiger partial charge in [0, 0.05) is 6.54 Å². The molecule has 0 atom stereocenters. The Bertz CT molecular complexity index is 538. The lowest BCUT2D eigenvalue weighted by molar-refractivity contribution is 0.332. The predicted molar refractivity (Wildman–Crippen MR) is 76.6 cm³/mol. The quantitative estimate of drug-likeness (QED) is 0.774. The Morgan fingerprint density at radius 3 is 2.56 bits per heavy atom. The molecule has 1 rings (SSSR count). The Labute approximate surface area is 120 Å². The standard InChI is InChI=1S/C12H16IN3O2/c1-12(2,3)5-6-16-11(17)8(7-14)9(18-4)10(13)15-16/h5-6H2,1-4H3. The molecule has 0 amide bonds. The lowest BCUT2D eigenvalue weighted by Gasteiger charge is -2.18. The van der Waals surface area contributed by atoms with Gasteiger partial charge in [0.15, 0.2) is 15.0 Å². The average Bonchev–Trinajstić information content (AvgIpc) is 2.28. The smallest absolute Gasteiger partial charge is 0.288 e. The highest BCUT2D eigenvalue weighted by Crippen LogP contribution is 2.21. The number of halogens is 1. The minimum absolute atomic E-state index is 0.0193. The summed E-state index contributed by atoms with van der Waals surface area (Å²) in [5, 5.41) is 13.2. The molecular formula is C12H16IN3O2. The Morgan fingerprint density at radius 1 is 1.50 bits per heavy atom. The summed E-state index contributed by atoms with van der Waals surface area (Å²) in [4.78, 5) is 12.0. The number of ether oxygens (including phenoxy) is 1. The van der Waals surface area contributed by atoms with Crippen molar-refractivity contribution in [2.45, 2.75) is 33.7 Å². The lowest BCUT2D eigenvalue weighted by Crippen LogP contribution is -2.28. The van der Waals surface area contributed by atoms with Gasteiger partial charge in [-0.1, -0.05) is 20.8 Å². The minimum atomic E-state index is -0.390. The molecule has 0 aromatic carbocycles. The largest absolute Gasteiger partial charge is 0.492 e. The maximum Gasteiger partial charge on any atom is 0.288 e. The van der Waals surface area contributed by atoms with Crippen LogP contribution in [0.3, 0.4) is 0 Å². The first-order chi connectivity index (χ1) is 8.30. The number of rotatable bonds is 3. The summed E-state index contributed by atoms with van der Waals surface area (Å²) in [7, 11) is 1.43. The fourth-order valence-electron chi connectivity index (χ4n) is 1.40. The van der Waals surface area contributed by atoms with Crippen LogP contribution >= 0.6 is 22.6 Å². The van der Waals surface area contributed by atoms with E-state index in [1.807, 2.05) is 28.7 Å². The van der Waals surface area contributed by atoms with E-state index in [0.29, 0.717) is 10.2 Å². The third kappa shape index (κ3) is 3.45. The monoisotopic (exact) mass is 361 g/mol. The molecule has 1 heterocycles. The molecule has 0 fully saturated rings. The van der Waals surface area contributed by atoms with Crippen LogP contribution in [-0.2, 0) is 6.54 Å². The molecular weight excluding hydrogens is 345 g/mol. The minimum Gasteiger partial charge on any atom is -0.492 e. The van der Waals surface area contributed by atoms with Crippen LogP contribution < -0.4 is 10.3 Å². The van der Waals surface area contributed by atoms with Crippen LogP contribution in [0, 0.1) is 20.4 Å². The lowest BCUT2D eigenvalue weighted by atomic mass is 9.92. The molecule has 5 nitrogen and oxygen atoms in total. The van der Waals surface area contributed by atoms with Crippen LogP contribution in [-0.4, -0.2) is 16.9 Å². The van der Waals surface area contributed by atoms with Crippen molar-refractivity contribution in [3.8, 4) is 11.8 Å². The van der Waals surface area contributed by atoms with Gasteiger partial charge in [0.25, 0.3) is 5.56 Å². The van der Waals surface area contributed by atoms with E-state index in [1.54, 1.807) is 0 Å². The first-order valence-electron chi connectivity index (χ1n) is 5.55. The highest BCUT2D eigenvalue weighted by Gasteiger charge is 2.18. The van der Waals surface area contributed by atoms with E-state index in [2.05, 4.69) is 25.9 Å². The van der Waals surface area contributed by atoms with Crippen LogP contribution in [0.25, 0.3) is 0 Å². The SMILES string of the molecule is COc1c(I)nn(CCC(C)(C)C)c(=O)c1C#N. The summed E-state index contributed by atoms with van der Waals surface area (Å²) in [6.45, 7) is 6.78. The van der Waals surface area contributed by atoms with Crippen molar-refractivity contribution in [3.63, 3.8) is 0 Å². The molecule has 0 N–H and O–H groups in total. The van der Waals surface area contributed by atoms with Crippen molar-refractivity contribution in [3.05, 3.63) is 19.6 Å². The Hall–Kier alpha value is -1.10. The Kier molecular flexibility index (Phi) is 4.73. The van der Waals surface area contributed by atoms with Gasteiger partial charge in [-0.05, 0) is 34.4 Å². The Morgan fingerprint density at radius 2 is 2.11 bits per heavy atom. The highest BCUT2D eigenvalue weighted by atomic mass is 127. The van der Waals surface area contributed by atoms with Crippen LogP contribution in [0.2, 0.25) is 0 Å². The van der Waals surface area contributed by atoms with Crippen molar-refractivity contribution in [2.75, 3.05) is 7.11 Å². The second-order valence-electron chi connectivity index (χ2n) is 5.15.